The van der Waals surface area contributed by atoms with Crippen molar-refractivity contribution < 1.29 is 23.9 Å². The van der Waals surface area contributed by atoms with Crippen LogP contribution in [0.3, 0.4) is 0 Å². The monoisotopic (exact) mass is 442 g/mol. The normalized spacial score (nSPS) is 14.3. The Hall–Kier alpha value is -3.46. The first-order chi connectivity index (χ1) is 15.2. The first-order valence-electron chi connectivity index (χ1n) is 10.4. The molecule has 0 unspecified atom stereocenters. The van der Waals surface area contributed by atoms with Crippen molar-refractivity contribution in [3.63, 3.8) is 0 Å². The van der Waals surface area contributed by atoms with Crippen LogP contribution in [0.25, 0.3) is 0 Å². The number of aromatic carboxylic acids is 1. The first kappa shape index (κ1) is 23.2. The largest absolute Gasteiger partial charge is 0.478 e. The lowest BCUT2D eigenvalue weighted by atomic mass is 10.1. The summed E-state index contributed by atoms with van der Waals surface area (Å²) in [5, 5.41) is 15.0. The van der Waals surface area contributed by atoms with E-state index < -0.39 is 17.7 Å². The van der Waals surface area contributed by atoms with Crippen molar-refractivity contribution in [1.29, 1.82) is 0 Å². The number of nitrogens with zero attached hydrogens (tertiary/aromatic N) is 2. The molecule has 1 aliphatic heterocycles. The standard InChI is InChI=1S/C23H27FN4O4/c1-15(2)25-21(29)14-27-9-11-28(12-10-27)16-7-8-20(18(13-16)23(31)32)26-22(30)17-5-3-4-6-19(17)24/h3-8,13,15H,9-12,14H2,1-2H3,(H,25,29)(H,26,30)(H,31,32). The molecule has 3 rings (SSSR count). The Morgan fingerprint density at radius 3 is 2.34 bits per heavy atom. The van der Waals surface area contributed by atoms with Gasteiger partial charge in [-0.15, -0.1) is 0 Å². The van der Waals surface area contributed by atoms with Gasteiger partial charge in [0.25, 0.3) is 5.91 Å². The predicted octanol–water partition coefficient (Wildman–Crippen LogP) is 2.42. The molecule has 2 amide bonds. The summed E-state index contributed by atoms with van der Waals surface area (Å²) in [4.78, 5) is 40.2. The fraction of sp³-hybridized carbons (Fsp3) is 0.348. The molecule has 1 aliphatic rings. The fourth-order valence-electron chi connectivity index (χ4n) is 3.58. The molecule has 0 bridgehead atoms. The number of hydrogen-bond acceptors (Lipinski definition) is 5. The zero-order chi connectivity index (χ0) is 23.3. The van der Waals surface area contributed by atoms with Crippen molar-refractivity contribution >= 4 is 29.2 Å². The topological polar surface area (TPSA) is 102 Å². The van der Waals surface area contributed by atoms with Crippen molar-refractivity contribution in [2.75, 3.05) is 42.9 Å². The molecule has 1 heterocycles. The zero-order valence-corrected chi connectivity index (χ0v) is 18.1. The molecule has 0 atom stereocenters. The van der Waals surface area contributed by atoms with Crippen LogP contribution in [0.5, 0.6) is 0 Å². The highest BCUT2D eigenvalue weighted by Crippen LogP contribution is 2.25. The molecule has 0 aromatic heterocycles. The number of halogens is 1. The van der Waals surface area contributed by atoms with Gasteiger partial charge in [0.05, 0.1) is 23.4 Å². The van der Waals surface area contributed by atoms with Crippen molar-refractivity contribution in [1.82, 2.24) is 10.2 Å². The van der Waals surface area contributed by atoms with E-state index in [-0.39, 0.29) is 28.8 Å². The molecule has 3 N–H and O–H groups in total. The highest BCUT2D eigenvalue weighted by Gasteiger charge is 2.22. The lowest BCUT2D eigenvalue weighted by Crippen LogP contribution is -2.50. The Bertz CT molecular complexity index is 1000. The van der Waals surface area contributed by atoms with Gasteiger partial charge in [0, 0.05) is 37.9 Å². The summed E-state index contributed by atoms with van der Waals surface area (Å²) in [6.07, 6.45) is 0. The molecule has 9 heteroatoms. The van der Waals surface area contributed by atoms with Crippen LogP contribution in [0, 0.1) is 5.82 Å². The van der Waals surface area contributed by atoms with Gasteiger partial charge in [-0.05, 0) is 44.2 Å². The van der Waals surface area contributed by atoms with Crippen molar-refractivity contribution in [3.8, 4) is 0 Å². The van der Waals surface area contributed by atoms with Crippen LogP contribution in [0.2, 0.25) is 0 Å². The van der Waals surface area contributed by atoms with Gasteiger partial charge in [0.15, 0.2) is 0 Å². The van der Waals surface area contributed by atoms with Gasteiger partial charge >= 0.3 is 5.97 Å². The van der Waals surface area contributed by atoms with Gasteiger partial charge in [-0.25, -0.2) is 9.18 Å². The van der Waals surface area contributed by atoms with E-state index in [9.17, 15) is 23.9 Å². The van der Waals surface area contributed by atoms with Gasteiger partial charge in [0.1, 0.15) is 5.82 Å². The van der Waals surface area contributed by atoms with E-state index in [1.807, 2.05) is 18.7 Å². The maximum absolute atomic E-state index is 13.9. The summed E-state index contributed by atoms with van der Waals surface area (Å²) < 4.78 is 13.9. The van der Waals surface area contributed by atoms with Crippen molar-refractivity contribution in [2.24, 2.45) is 0 Å². The minimum Gasteiger partial charge on any atom is -0.478 e. The van der Waals surface area contributed by atoms with Gasteiger partial charge in [-0.2, -0.15) is 0 Å². The number of benzene rings is 2. The maximum Gasteiger partial charge on any atom is 0.337 e. The van der Waals surface area contributed by atoms with Crippen LogP contribution in [-0.4, -0.2) is 66.6 Å². The molecule has 2 aromatic carbocycles. The third kappa shape index (κ3) is 5.82. The average molecular weight is 442 g/mol. The molecular weight excluding hydrogens is 415 g/mol. The van der Waals surface area contributed by atoms with E-state index in [1.165, 1.54) is 36.4 Å². The lowest BCUT2D eigenvalue weighted by molar-refractivity contribution is -0.122. The number of piperazine rings is 1. The van der Waals surface area contributed by atoms with Gasteiger partial charge in [-0.1, -0.05) is 12.1 Å². The SMILES string of the molecule is CC(C)NC(=O)CN1CCN(c2ccc(NC(=O)c3ccccc3F)c(C(=O)O)c2)CC1. The van der Waals surface area contributed by atoms with E-state index in [0.717, 1.165) is 0 Å². The van der Waals surface area contributed by atoms with Crippen molar-refractivity contribution in [2.45, 2.75) is 19.9 Å². The minimum atomic E-state index is -1.19. The number of anilines is 2. The van der Waals surface area contributed by atoms with Crippen LogP contribution in [0.15, 0.2) is 42.5 Å². The first-order valence-corrected chi connectivity index (χ1v) is 10.4. The van der Waals surface area contributed by atoms with Gasteiger partial charge < -0.3 is 20.6 Å². The van der Waals surface area contributed by atoms with Crippen LogP contribution in [0.1, 0.15) is 34.6 Å². The minimum absolute atomic E-state index is 0.0171. The highest BCUT2D eigenvalue weighted by molar-refractivity contribution is 6.08. The molecule has 2 aromatic rings. The molecule has 0 radical (unpaired) electrons. The maximum atomic E-state index is 13.9. The van der Waals surface area contributed by atoms with Gasteiger partial charge in [0.2, 0.25) is 5.91 Å². The summed E-state index contributed by atoms with van der Waals surface area (Å²) in [7, 11) is 0. The number of hydrogen-bond donors (Lipinski definition) is 3. The molecule has 0 aliphatic carbocycles. The fourth-order valence-corrected chi connectivity index (χ4v) is 3.58. The summed E-state index contributed by atoms with van der Waals surface area (Å²) >= 11 is 0. The van der Waals surface area contributed by atoms with E-state index in [4.69, 9.17) is 0 Å². The Morgan fingerprint density at radius 2 is 1.72 bits per heavy atom. The summed E-state index contributed by atoms with van der Waals surface area (Å²) in [6, 6.07) is 10.3. The quantitative estimate of drug-likeness (QED) is 0.609. The van der Waals surface area contributed by atoms with E-state index >= 15 is 0 Å². The number of rotatable bonds is 7. The molecule has 1 fully saturated rings. The van der Waals surface area contributed by atoms with Crippen LogP contribution in [-0.2, 0) is 4.79 Å². The second-order valence-corrected chi connectivity index (χ2v) is 7.95. The number of nitrogens with one attached hydrogen (secondary N) is 2. The lowest BCUT2D eigenvalue weighted by Gasteiger charge is -2.36. The number of carboxylic acids is 1. The Morgan fingerprint density at radius 1 is 1.03 bits per heavy atom. The summed E-state index contributed by atoms with van der Waals surface area (Å²) in [5.41, 5.74) is 0.563. The third-order valence-corrected chi connectivity index (χ3v) is 5.15. The molecule has 8 nitrogen and oxygen atoms in total. The smallest absolute Gasteiger partial charge is 0.337 e. The van der Waals surface area contributed by atoms with Crippen LogP contribution in [0.4, 0.5) is 15.8 Å². The third-order valence-electron chi connectivity index (χ3n) is 5.15. The Balaban J connectivity index is 1.68. The van der Waals surface area contributed by atoms with E-state index in [2.05, 4.69) is 15.5 Å². The zero-order valence-electron chi connectivity index (χ0n) is 18.1. The molecule has 0 saturated carbocycles. The number of amides is 2. The van der Waals surface area contributed by atoms with Crippen molar-refractivity contribution in [3.05, 3.63) is 59.4 Å². The Kier molecular flexibility index (Phi) is 7.42. The van der Waals surface area contributed by atoms with Crippen LogP contribution < -0.4 is 15.5 Å². The highest BCUT2D eigenvalue weighted by atomic mass is 19.1. The molecule has 1 saturated heterocycles. The molecular formula is C23H27FN4O4. The number of carbonyl (C=O) groups is 3. The Labute approximate surface area is 186 Å². The average Bonchev–Trinajstić information content (AvgIpc) is 2.74. The van der Waals surface area contributed by atoms with E-state index in [1.54, 1.807) is 6.07 Å². The summed E-state index contributed by atoms with van der Waals surface area (Å²) in [5.74, 6) is -2.61. The summed E-state index contributed by atoms with van der Waals surface area (Å²) in [6.45, 7) is 6.76. The second-order valence-electron chi connectivity index (χ2n) is 7.95. The van der Waals surface area contributed by atoms with E-state index in [0.29, 0.717) is 38.4 Å². The predicted molar refractivity (Wildman–Crippen MR) is 120 cm³/mol. The molecule has 32 heavy (non-hydrogen) atoms. The van der Waals surface area contributed by atoms with Crippen LogP contribution >= 0.6 is 0 Å². The number of carboxylic acid groups (broad SMARTS) is 1. The molecule has 170 valence electrons. The number of carbonyl (C=O) groups excluding carboxylic acids is 2. The molecule has 0 spiro atoms. The second kappa shape index (κ2) is 10.2. The van der Waals surface area contributed by atoms with Gasteiger partial charge in [-0.3, -0.25) is 14.5 Å².